The fourth-order valence-electron chi connectivity index (χ4n) is 3.00. The lowest BCUT2D eigenvalue weighted by Crippen LogP contribution is -2.14. The van der Waals surface area contributed by atoms with Gasteiger partial charge in [0.1, 0.15) is 0 Å². The van der Waals surface area contributed by atoms with Crippen molar-refractivity contribution < 1.29 is 18.0 Å². The Kier molecular flexibility index (Phi) is 5.25. The molecule has 0 aliphatic heterocycles. The number of nitrogens with zero attached hydrogens (tertiary/aromatic N) is 3. The highest BCUT2D eigenvalue weighted by Gasteiger charge is 2.30. The number of hydrogen-bond acceptors (Lipinski definition) is 4. The largest absolute Gasteiger partial charge is 0.416 e. The van der Waals surface area contributed by atoms with Gasteiger partial charge in [0, 0.05) is 35.4 Å². The van der Waals surface area contributed by atoms with Gasteiger partial charge in [-0.1, -0.05) is 30.0 Å². The van der Waals surface area contributed by atoms with Crippen LogP contribution < -0.4 is 5.32 Å². The lowest BCUT2D eigenvalue weighted by Gasteiger charge is -2.08. The number of halogens is 3. The van der Waals surface area contributed by atoms with Crippen LogP contribution in [0.5, 0.6) is 0 Å². The van der Waals surface area contributed by atoms with Crippen LogP contribution in [-0.4, -0.2) is 31.4 Å². The third-order valence-electron chi connectivity index (χ3n) is 4.49. The summed E-state index contributed by atoms with van der Waals surface area (Å²) in [6, 6.07) is 12.1. The Balaban J connectivity index is 1.41. The van der Waals surface area contributed by atoms with E-state index < -0.39 is 11.7 Å². The quantitative estimate of drug-likeness (QED) is 0.449. The monoisotopic (exact) mass is 431 g/mol. The molecule has 2 heterocycles. The van der Waals surface area contributed by atoms with Gasteiger partial charge in [-0.15, -0.1) is 10.2 Å². The number of aromatic amines is 1. The number of para-hydroxylation sites is 1. The fourth-order valence-corrected chi connectivity index (χ4v) is 3.71. The summed E-state index contributed by atoms with van der Waals surface area (Å²) in [5.41, 5.74) is 1.42. The number of alkyl halides is 3. The number of thioether (sulfide) groups is 1. The molecule has 4 aromatic rings. The van der Waals surface area contributed by atoms with Crippen LogP contribution in [0.1, 0.15) is 5.56 Å². The molecule has 0 unspecified atom stereocenters. The van der Waals surface area contributed by atoms with Gasteiger partial charge in [-0.05, 0) is 30.3 Å². The number of rotatable bonds is 5. The Bertz CT molecular complexity index is 1200. The number of aromatic nitrogens is 4. The number of anilines is 1. The first-order valence-corrected chi connectivity index (χ1v) is 9.87. The number of hydrogen-bond donors (Lipinski definition) is 2. The summed E-state index contributed by atoms with van der Waals surface area (Å²) in [5.74, 6) is 0.357. The van der Waals surface area contributed by atoms with E-state index in [-0.39, 0.29) is 11.7 Å². The molecular formula is C20H16F3N5OS. The fraction of sp³-hybridized carbons (Fsp3) is 0.150. The van der Waals surface area contributed by atoms with Crippen LogP contribution in [0, 0.1) is 0 Å². The first-order chi connectivity index (χ1) is 14.3. The number of carbonyl (C=O) groups excluding carboxylic acids is 1. The van der Waals surface area contributed by atoms with Gasteiger partial charge >= 0.3 is 6.18 Å². The van der Waals surface area contributed by atoms with Crippen molar-refractivity contribution in [1.29, 1.82) is 0 Å². The summed E-state index contributed by atoms with van der Waals surface area (Å²) in [5, 5.41) is 12.5. The number of fused-ring (bicyclic) bond motifs is 1. The predicted octanol–water partition coefficient (Wildman–Crippen LogP) is 4.71. The molecular weight excluding hydrogens is 415 g/mol. The highest BCUT2D eigenvalue weighted by Crippen LogP contribution is 2.30. The maximum Gasteiger partial charge on any atom is 0.416 e. The minimum absolute atomic E-state index is 0.0425. The zero-order valence-corrected chi connectivity index (χ0v) is 16.5. The lowest BCUT2D eigenvalue weighted by atomic mass is 10.1. The molecule has 154 valence electrons. The van der Waals surface area contributed by atoms with Gasteiger partial charge in [0.15, 0.2) is 11.0 Å². The molecule has 1 amide bonds. The van der Waals surface area contributed by atoms with E-state index in [0.717, 1.165) is 28.6 Å². The predicted molar refractivity (Wildman–Crippen MR) is 109 cm³/mol. The summed E-state index contributed by atoms with van der Waals surface area (Å²) < 4.78 is 39.6. The molecule has 30 heavy (non-hydrogen) atoms. The van der Waals surface area contributed by atoms with Crippen LogP contribution in [0.25, 0.3) is 22.3 Å². The standard InChI is InChI=1S/C20H16F3N5OS/c1-28-18(15-10-24-16-5-3-2-4-14(15)16)26-27-19(28)30-11-17(29)25-13-8-6-12(7-9-13)20(21,22)23/h2-10,24H,11H2,1H3,(H,25,29). The molecule has 0 fully saturated rings. The van der Waals surface area contributed by atoms with Gasteiger partial charge in [-0.2, -0.15) is 13.2 Å². The van der Waals surface area contributed by atoms with Crippen molar-refractivity contribution >= 4 is 34.3 Å². The van der Waals surface area contributed by atoms with E-state index in [9.17, 15) is 18.0 Å². The second-order valence-corrected chi connectivity index (χ2v) is 7.47. The average molecular weight is 431 g/mol. The van der Waals surface area contributed by atoms with Crippen molar-refractivity contribution in [2.24, 2.45) is 7.05 Å². The summed E-state index contributed by atoms with van der Waals surface area (Å²) >= 11 is 1.19. The first-order valence-electron chi connectivity index (χ1n) is 8.89. The third-order valence-corrected chi connectivity index (χ3v) is 5.51. The second kappa shape index (κ2) is 7.86. The normalized spacial score (nSPS) is 11.7. The molecule has 0 aliphatic carbocycles. The molecule has 2 aromatic carbocycles. The maximum absolute atomic E-state index is 12.6. The van der Waals surface area contributed by atoms with E-state index in [2.05, 4.69) is 20.5 Å². The molecule has 2 aromatic heterocycles. The number of benzene rings is 2. The molecule has 0 saturated heterocycles. The number of nitrogens with one attached hydrogen (secondary N) is 2. The van der Waals surface area contributed by atoms with Crippen molar-refractivity contribution in [2.75, 3.05) is 11.1 Å². The molecule has 0 radical (unpaired) electrons. The first kappa shape index (κ1) is 20.0. The number of carbonyl (C=O) groups is 1. The average Bonchev–Trinajstić information content (AvgIpc) is 3.29. The van der Waals surface area contributed by atoms with E-state index in [1.165, 1.54) is 23.9 Å². The van der Waals surface area contributed by atoms with Crippen LogP contribution >= 0.6 is 11.8 Å². The minimum Gasteiger partial charge on any atom is -0.360 e. The zero-order chi connectivity index (χ0) is 21.3. The SMILES string of the molecule is Cn1c(SCC(=O)Nc2ccc(C(F)(F)F)cc2)nnc1-c1c[nH]c2ccccc12. The Morgan fingerprint density at radius 2 is 1.87 bits per heavy atom. The number of amides is 1. The van der Waals surface area contributed by atoms with Gasteiger partial charge in [0.2, 0.25) is 5.91 Å². The van der Waals surface area contributed by atoms with Crippen LogP contribution in [0.4, 0.5) is 18.9 Å². The van der Waals surface area contributed by atoms with Crippen LogP contribution in [-0.2, 0) is 18.0 Å². The zero-order valence-electron chi connectivity index (χ0n) is 15.7. The van der Waals surface area contributed by atoms with Crippen LogP contribution in [0.3, 0.4) is 0 Å². The van der Waals surface area contributed by atoms with E-state index >= 15 is 0 Å². The Morgan fingerprint density at radius 3 is 2.60 bits per heavy atom. The summed E-state index contributed by atoms with van der Waals surface area (Å²) in [7, 11) is 1.81. The Hall–Kier alpha value is -3.27. The minimum atomic E-state index is -4.41. The molecule has 10 heteroatoms. The summed E-state index contributed by atoms with van der Waals surface area (Å²) in [6.45, 7) is 0. The molecule has 0 atom stereocenters. The molecule has 0 bridgehead atoms. The van der Waals surface area contributed by atoms with Gasteiger partial charge in [0.05, 0.1) is 11.3 Å². The maximum atomic E-state index is 12.6. The number of H-pyrrole nitrogens is 1. The van der Waals surface area contributed by atoms with Crippen molar-refractivity contribution in [3.8, 4) is 11.4 Å². The molecule has 0 saturated carbocycles. The van der Waals surface area contributed by atoms with Gasteiger partial charge in [0.25, 0.3) is 0 Å². The van der Waals surface area contributed by atoms with Crippen molar-refractivity contribution in [3.05, 3.63) is 60.3 Å². The van der Waals surface area contributed by atoms with E-state index in [4.69, 9.17) is 0 Å². The van der Waals surface area contributed by atoms with Crippen LogP contribution in [0.2, 0.25) is 0 Å². The van der Waals surface area contributed by atoms with Gasteiger partial charge in [-0.25, -0.2) is 0 Å². The van der Waals surface area contributed by atoms with Crippen LogP contribution in [0.15, 0.2) is 59.9 Å². The van der Waals surface area contributed by atoms with Gasteiger partial charge in [-0.3, -0.25) is 4.79 Å². The third kappa shape index (κ3) is 4.04. The van der Waals surface area contributed by atoms with Crippen molar-refractivity contribution in [3.63, 3.8) is 0 Å². The summed E-state index contributed by atoms with van der Waals surface area (Å²) in [4.78, 5) is 15.4. The Labute approximate surface area is 173 Å². The molecule has 0 spiro atoms. The highest BCUT2D eigenvalue weighted by atomic mass is 32.2. The van der Waals surface area contributed by atoms with Crippen molar-refractivity contribution in [2.45, 2.75) is 11.3 Å². The second-order valence-electron chi connectivity index (χ2n) is 6.53. The van der Waals surface area contributed by atoms with E-state index in [1.54, 1.807) is 4.57 Å². The molecule has 4 rings (SSSR count). The summed E-state index contributed by atoms with van der Waals surface area (Å²) in [6.07, 6.45) is -2.55. The molecule has 0 aliphatic rings. The van der Waals surface area contributed by atoms with E-state index in [1.807, 2.05) is 37.5 Å². The molecule has 6 nitrogen and oxygen atoms in total. The van der Waals surface area contributed by atoms with Crippen molar-refractivity contribution in [1.82, 2.24) is 19.7 Å². The topological polar surface area (TPSA) is 75.6 Å². The smallest absolute Gasteiger partial charge is 0.360 e. The van der Waals surface area contributed by atoms with E-state index in [0.29, 0.717) is 16.7 Å². The lowest BCUT2D eigenvalue weighted by molar-refractivity contribution is -0.137. The Morgan fingerprint density at radius 1 is 1.13 bits per heavy atom. The van der Waals surface area contributed by atoms with Gasteiger partial charge < -0.3 is 14.9 Å². The highest BCUT2D eigenvalue weighted by molar-refractivity contribution is 7.99. The molecule has 2 N–H and O–H groups in total.